The molecule has 10 aromatic carbocycles. The summed E-state index contributed by atoms with van der Waals surface area (Å²) >= 11 is 0.182. The van der Waals surface area contributed by atoms with Crippen LogP contribution in [0.3, 0.4) is 0 Å². The van der Waals surface area contributed by atoms with E-state index in [1.165, 1.54) is 107 Å². The third-order valence-electron chi connectivity index (χ3n) is 12.7. The Morgan fingerprint density at radius 3 is 1.08 bits per heavy atom. The molecule has 0 amide bonds. The zero-order valence-electron chi connectivity index (χ0n) is 32.9. The van der Waals surface area contributed by atoms with E-state index in [0.717, 1.165) is 21.8 Å². The van der Waals surface area contributed by atoms with Crippen LogP contribution in [0.15, 0.2) is 207 Å². The Morgan fingerprint density at radius 2 is 0.639 bits per heavy atom. The van der Waals surface area contributed by atoms with Crippen molar-refractivity contribution in [2.24, 2.45) is 0 Å². The van der Waals surface area contributed by atoms with Crippen molar-refractivity contribution < 1.29 is 0 Å². The average Bonchev–Trinajstić information content (AvgIpc) is 3.69. The molecule has 0 fully saturated rings. The fourth-order valence-corrected chi connectivity index (χ4v) is 12.4. The molecule has 0 aliphatic heterocycles. The first kappa shape index (κ1) is 34.4. The molecular weight excluding hydrogens is 804 g/mol. The van der Waals surface area contributed by atoms with Crippen molar-refractivity contribution in [3.63, 3.8) is 0 Å². The normalized spacial score (nSPS) is 11.9. The van der Waals surface area contributed by atoms with E-state index in [1.54, 1.807) is 0 Å². The summed E-state index contributed by atoms with van der Waals surface area (Å²) in [6, 6.07) is 71.9. The minimum absolute atomic E-state index is 0.182. The van der Waals surface area contributed by atoms with E-state index in [2.05, 4.69) is 182 Å². The van der Waals surface area contributed by atoms with Crippen LogP contribution >= 0.6 is 0 Å². The Labute approximate surface area is 357 Å². The van der Waals surface area contributed by atoms with Crippen molar-refractivity contribution in [1.29, 1.82) is 0 Å². The molecule has 0 radical (unpaired) electrons. The number of pyridine rings is 2. The molecule has 0 saturated heterocycles. The number of hydrogen-bond acceptors (Lipinski definition) is 2. The maximum absolute atomic E-state index is 4.72. The van der Waals surface area contributed by atoms with Gasteiger partial charge < -0.3 is 0 Å². The molecule has 0 saturated carbocycles. The Kier molecular flexibility index (Phi) is 7.65. The van der Waals surface area contributed by atoms with Gasteiger partial charge in [0.1, 0.15) is 0 Å². The standard InChI is InChI=1S/C58H34N2Se/c1-3-15-44-42(13-1)55(43-14-2-4-16-45(43)56(44)38-23-21-35-11-9-29-59-51(35)32-38)37-26-28-53-50(31-37)41-27-25-40(34-54(41)61-53)58-48-19-7-5-17-46(48)57(47-18-6-8-20-49(47)58)39-24-22-36-12-10-30-60-52(36)33-39/h1-34H. The van der Waals surface area contributed by atoms with E-state index in [4.69, 9.17) is 9.97 Å². The van der Waals surface area contributed by atoms with Crippen molar-refractivity contribution in [3.8, 4) is 44.5 Å². The van der Waals surface area contributed by atoms with Gasteiger partial charge >= 0.3 is 335 Å². The third-order valence-corrected chi connectivity index (χ3v) is 15.1. The molecule has 0 bridgehead atoms. The molecule has 282 valence electrons. The van der Waals surface area contributed by atoms with Gasteiger partial charge in [-0.1, -0.05) is 6.07 Å². The molecule has 0 aliphatic carbocycles. The van der Waals surface area contributed by atoms with E-state index >= 15 is 0 Å². The predicted octanol–water partition coefficient (Wildman–Crippen LogP) is 15.4. The van der Waals surface area contributed by atoms with Crippen LogP contribution < -0.4 is 0 Å². The van der Waals surface area contributed by atoms with E-state index < -0.39 is 0 Å². The van der Waals surface area contributed by atoms with Crippen LogP contribution in [-0.4, -0.2) is 24.5 Å². The van der Waals surface area contributed by atoms with Gasteiger partial charge in [0.2, 0.25) is 0 Å². The Balaban J connectivity index is 0.992. The number of fused-ring (bicyclic) bond motifs is 9. The zero-order valence-corrected chi connectivity index (χ0v) is 34.6. The van der Waals surface area contributed by atoms with Crippen molar-refractivity contribution in [1.82, 2.24) is 9.97 Å². The van der Waals surface area contributed by atoms with E-state index in [9.17, 15) is 0 Å². The van der Waals surface area contributed by atoms with Gasteiger partial charge in [0.15, 0.2) is 0 Å². The number of nitrogens with zero attached hydrogens (tertiary/aromatic N) is 2. The van der Waals surface area contributed by atoms with Gasteiger partial charge in [0.05, 0.1) is 0 Å². The van der Waals surface area contributed by atoms with Gasteiger partial charge in [0, 0.05) is 6.20 Å². The molecule has 13 rings (SSSR count). The zero-order chi connectivity index (χ0) is 40.0. The van der Waals surface area contributed by atoms with Crippen molar-refractivity contribution in [2.75, 3.05) is 0 Å². The molecule has 3 heteroatoms. The van der Waals surface area contributed by atoms with E-state index in [-0.39, 0.29) is 14.5 Å². The summed E-state index contributed by atoms with van der Waals surface area (Å²) in [5, 5.41) is 15.1. The molecule has 0 N–H and O–H groups in total. The Hall–Kier alpha value is -7.42. The summed E-state index contributed by atoms with van der Waals surface area (Å²) in [4.78, 5) is 9.43. The Morgan fingerprint density at radius 1 is 0.262 bits per heavy atom. The first-order valence-electron chi connectivity index (χ1n) is 20.8. The fourth-order valence-electron chi connectivity index (χ4n) is 10.0. The second-order valence-corrected chi connectivity index (χ2v) is 18.3. The van der Waals surface area contributed by atoms with Crippen molar-refractivity contribution >= 4 is 98.7 Å². The number of rotatable bonds is 4. The minimum atomic E-state index is 0.182. The van der Waals surface area contributed by atoms with Crippen LogP contribution in [0.2, 0.25) is 0 Å². The second-order valence-electron chi connectivity index (χ2n) is 16.0. The van der Waals surface area contributed by atoms with Crippen LogP contribution in [-0.2, 0) is 0 Å². The molecule has 3 aromatic heterocycles. The first-order chi connectivity index (χ1) is 30.2. The predicted molar refractivity (Wildman–Crippen MR) is 261 cm³/mol. The van der Waals surface area contributed by atoms with Crippen LogP contribution in [0.25, 0.3) is 129 Å². The molecule has 3 heterocycles. The number of benzene rings is 10. The summed E-state index contributed by atoms with van der Waals surface area (Å²) < 4.78 is 2.87. The van der Waals surface area contributed by atoms with Crippen LogP contribution in [0, 0.1) is 0 Å². The summed E-state index contributed by atoms with van der Waals surface area (Å²) in [5.74, 6) is 0. The second kappa shape index (κ2) is 13.6. The van der Waals surface area contributed by atoms with Gasteiger partial charge in [-0.2, -0.15) is 0 Å². The number of aromatic nitrogens is 2. The monoisotopic (exact) mass is 838 g/mol. The van der Waals surface area contributed by atoms with Gasteiger partial charge in [-0.05, 0) is 12.1 Å². The van der Waals surface area contributed by atoms with Gasteiger partial charge in [-0.25, -0.2) is 0 Å². The topological polar surface area (TPSA) is 25.8 Å². The van der Waals surface area contributed by atoms with Crippen molar-refractivity contribution in [2.45, 2.75) is 0 Å². The molecule has 0 unspecified atom stereocenters. The van der Waals surface area contributed by atoms with Crippen molar-refractivity contribution in [3.05, 3.63) is 207 Å². The Bertz CT molecular complexity index is 3840. The van der Waals surface area contributed by atoms with E-state index in [1.807, 2.05) is 24.5 Å². The maximum atomic E-state index is 4.72. The summed E-state index contributed by atoms with van der Waals surface area (Å²) in [6.07, 6.45) is 3.76. The van der Waals surface area contributed by atoms with Crippen LogP contribution in [0.4, 0.5) is 0 Å². The average molecular weight is 838 g/mol. The van der Waals surface area contributed by atoms with Gasteiger partial charge in [-0.15, -0.1) is 0 Å². The molecule has 0 aliphatic rings. The number of hydrogen-bond donors (Lipinski definition) is 0. The summed E-state index contributed by atoms with van der Waals surface area (Å²) in [7, 11) is 0. The van der Waals surface area contributed by atoms with Gasteiger partial charge in [0.25, 0.3) is 0 Å². The van der Waals surface area contributed by atoms with E-state index in [0.29, 0.717) is 0 Å². The summed E-state index contributed by atoms with van der Waals surface area (Å²) in [5.41, 5.74) is 12.0. The third kappa shape index (κ3) is 5.35. The quantitative estimate of drug-likeness (QED) is 0.130. The summed E-state index contributed by atoms with van der Waals surface area (Å²) in [6.45, 7) is 0. The molecule has 13 aromatic rings. The molecular formula is C58H34N2Se. The van der Waals surface area contributed by atoms with Crippen LogP contribution in [0.5, 0.6) is 0 Å². The molecule has 0 spiro atoms. The molecule has 2 nitrogen and oxygen atoms in total. The van der Waals surface area contributed by atoms with Gasteiger partial charge in [-0.3, -0.25) is 0 Å². The molecule has 61 heavy (non-hydrogen) atoms. The first-order valence-corrected chi connectivity index (χ1v) is 22.5. The fraction of sp³-hybridized carbons (Fsp3) is 0. The SMILES string of the molecule is c1cnc2cc(-c3c4ccccc4c(-c4ccc5c(c4)[se]c4ccc(-c6c7ccccc7c(-c7ccc8cccnc8c7)c7ccccc67)cc45)c4ccccc34)ccc2c1. The van der Waals surface area contributed by atoms with Crippen LogP contribution in [0.1, 0.15) is 0 Å². The molecule has 0 atom stereocenters.